The lowest BCUT2D eigenvalue weighted by Crippen LogP contribution is -2.06. The topological polar surface area (TPSA) is 52.8 Å². The van der Waals surface area contributed by atoms with Gasteiger partial charge in [0.25, 0.3) is 0 Å². The summed E-state index contributed by atoms with van der Waals surface area (Å²) in [5.74, 6) is -0.217. The Hall–Kier alpha value is -1.09. The van der Waals surface area contributed by atoms with E-state index in [-0.39, 0.29) is 18.1 Å². The van der Waals surface area contributed by atoms with Crippen LogP contribution >= 0.6 is 0 Å². The fourth-order valence-electron chi connectivity index (χ4n) is 0.422. The van der Waals surface area contributed by atoms with Crippen molar-refractivity contribution < 1.29 is 10.2 Å². The van der Waals surface area contributed by atoms with Crippen LogP contribution in [0, 0.1) is 0 Å². The molecule has 0 aromatic rings. The Bertz CT molecular complexity index is 183. The number of rotatable bonds is 3. The molecule has 12 heavy (non-hydrogen) atoms. The average molecular weight is 171 g/mol. The predicted molar refractivity (Wildman–Crippen MR) is 52.5 cm³/mol. The van der Waals surface area contributed by atoms with Gasteiger partial charge in [0, 0.05) is 5.70 Å². The van der Waals surface area contributed by atoms with Crippen molar-refractivity contribution >= 4 is 5.71 Å². The lowest BCUT2D eigenvalue weighted by atomic mass is 10.3. The van der Waals surface area contributed by atoms with Gasteiger partial charge >= 0.3 is 0 Å². The summed E-state index contributed by atoms with van der Waals surface area (Å²) in [5, 5.41) is 17.3. The third-order valence-electron chi connectivity index (χ3n) is 0.809. The molecule has 0 bridgehead atoms. The highest BCUT2D eigenvalue weighted by Gasteiger charge is 1.98. The first-order valence-electron chi connectivity index (χ1n) is 3.80. The number of aliphatic imine (C=N–C) groups is 1. The van der Waals surface area contributed by atoms with Gasteiger partial charge in [-0.1, -0.05) is 27.0 Å². The Kier molecular flexibility index (Phi) is 9.01. The van der Waals surface area contributed by atoms with Crippen LogP contribution in [0.1, 0.15) is 20.8 Å². The van der Waals surface area contributed by atoms with Crippen LogP contribution in [0.3, 0.4) is 0 Å². The second-order valence-corrected chi connectivity index (χ2v) is 1.90. The molecular formula is C9H17NO2. The Morgan fingerprint density at radius 3 is 1.83 bits per heavy atom. The van der Waals surface area contributed by atoms with Crippen molar-refractivity contribution in [2.45, 2.75) is 20.8 Å². The van der Waals surface area contributed by atoms with Crippen LogP contribution in [0.2, 0.25) is 0 Å². The van der Waals surface area contributed by atoms with Gasteiger partial charge in [-0.15, -0.1) is 0 Å². The summed E-state index contributed by atoms with van der Waals surface area (Å²) in [6.45, 7) is 12.0. The zero-order valence-corrected chi connectivity index (χ0v) is 7.96. The van der Waals surface area contributed by atoms with E-state index in [1.165, 1.54) is 0 Å². The summed E-state index contributed by atoms with van der Waals surface area (Å²) < 4.78 is 0. The van der Waals surface area contributed by atoms with Crippen molar-refractivity contribution in [2.75, 3.05) is 6.61 Å². The van der Waals surface area contributed by atoms with Gasteiger partial charge in [-0.25, -0.2) is 0 Å². The first-order chi connectivity index (χ1) is 5.57. The van der Waals surface area contributed by atoms with E-state index in [4.69, 9.17) is 10.2 Å². The Morgan fingerprint density at radius 1 is 1.33 bits per heavy atom. The van der Waals surface area contributed by atoms with Gasteiger partial charge in [-0.3, -0.25) is 4.99 Å². The summed E-state index contributed by atoms with van der Waals surface area (Å²) in [4.78, 5) is 3.72. The molecule has 0 aliphatic carbocycles. The molecule has 0 saturated heterocycles. The summed E-state index contributed by atoms with van der Waals surface area (Å²) >= 11 is 0. The minimum Gasteiger partial charge on any atom is -0.507 e. The lowest BCUT2D eigenvalue weighted by molar-refractivity contribution is 0.348. The maximum absolute atomic E-state index is 8.73. The van der Waals surface area contributed by atoms with E-state index < -0.39 is 0 Å². The van der Waals surface area contributed by atoms with Gasteiger partial charge in [0.2, 0.25) is 0 Å². The molecule has 0 saturated carbocycles. The summed E-state index contributed by atoms with van der Waals surface area (Å²) in [5.41, 5.74) is 0.687. The molecule has 2 N–H and O–H groups in total. The number of hydrogen-bond acceptors (Lipinski definition) is 3. The van der Waals surface area contributed by atoms with Gasteiger partial charge in [-0.05, 0) is 6.92 Å². The van der Waals surface area contributed by atoms with Gasteiger partial charge in [0.1, 0.15) is 11.5 Å². The zero-order chi connectivity index (χ0) is 10.1. The first kappa shape index (κ1) is 13.5. The van der Waals surface area contributed by atoms with E-state index in [9.17, 15) is 0 Å². The molecule has 0 aromatic carbocycles. The standard InChI is InChI=1S/C7H11NO2.C2H6/c1-5(2)8-7(4-9)6(3)10;1-2/h9-10H,1,3-4H2,2H3;1-2H3. The molecule has 0 heterocycles. The van der Waals surface area contributed by atoms with Crippen LogP contribution < -0.4 is 0 Å². The summed E-state index contributed by atoms with van der Waals surface area (Å²) in [6.07, 6.45) is 0. The normalized spacial score (nSPS) is 9.83. The van der Waals surface area contributed by atoms with Crippen molar-refractivity contribution in [3.05, 3.63) is 24.6 Å². The van der Waals surface area contributed by atoms with Crippen LogP contribution in [0.5, 0.6) is 0 Å². The van der Waals surface area contributed by atoms with E-state index in [0.29, 0.717) is 5.70 Å². The monoisotopic (exact) mass is 171 g/mol. The molecule has 3 heteroatoms. The van der Waals surface area contributed by atoms with Crippen LogP contribution in [0.15, 0.2) is 29.6 Å². The fraction of sp³-hybridized carbons (Fsp3) is 0.444. The Morgan fingerprint density at radius 2 is 1.75 bits per heavy atom. The summed E-state index contributed by atoms with van der Waals surface area (Å²) in [7, 11) is 0. The largest absolute Gasteiger partial charge is 0.507 e. The second kappa shape index (κ2) is 8.01. The van der Waals surface area contributed by atoms with Crippen molar-refractivity contribution in [3.63, 3.8) is 0 Å². The van der Waals surface area contributed by atoms with Gasteiger partial charge in [0.05, 0.1) is 6.61 Å². The minimum atomic E-state index is -0.317. The molecule has 0 aromatic heterocycles. The molecule has 3 nitrogen and oxygen atoms in total. The number of aliphatic hydroxyl groups is 2. The molecule has 0 aliphatic heterocycles. The van der Waals surface area contributed by atoms with Gasteiger partial charge < -0.3 is 10.2 Å². The Balaban J connectivity index is 0. The highest BCUT2D eigenvalue weighted by molar-refractivity contribution is 5.98. The molecule has 0 spiro atoms. The van der Waals surface area contributed by atoms with Crippen molar-refractivity contribution in [1.29, 1.82) is 0 Å². The molecular weight excluding hydrogens is 154 g/mol. The Labute approximate surface area is 73.8 Å². The molecule has 0 rings (SSSR count). The highest BCUT2D eigenvalue weighted by atomic mass is 16.3. The molecule has 0 unspecified atom stereocenters. The third kappa shape index (κ3) is 7.02. The molecule has 0 aliphatic rings. The first-order valence-corrected chi connectivity index (χ1v) is 3.80. The van der Waals surface area contributed by atoms with Gasteiger partial charge in [-0.2, -0.15) is 0 Å². The SMILES string of the molecule is C=C(C)N=C(CO)C(=C)O.CC. The number of allylic oxidation sites excluding steroid dienone is 1. The van der Waals surface area contributed by atoms with Crippen LogP contribution in [-0.4, -0.2) is 22.5 Å². The van der Waals surface area contributed by atoms with Gasteiger partial charge in [0.15, 0.2) is 0 Å². The zero-order valence-electron chi connectivity index (χ0n) is 7.96. The smallest absolute Gasteiger partial charge is 0.132 e. The lowest BCUT2D eigenvalue weighted by Gasteiger charge is -1.98. The molecule has 0 atom stereocenters. The molecule has 0 amide bonds. The van der Waals surface area contributed by atoms with E-state index >= 15 is 0 Å². The average Bonchev–Trinajstić information content (AvgIpc) is 2.03. The quantitative estimate of drug-likeness (QED) is 0.504. The third-order valence-corrected chi connectivity index (χ3v) is 0.809. The minimum absolute atomic E-state index is 0.160. The number of aliphatic hydroxyl groups excluding tert-OH is 2. The predicted octanol–water partition coefficient (Wildman–Crippen LogP) is 2.05. The maximum Gasteiger partial charge on any atom is 0.132 e. The van der Waals surface area contributed by atoms with Crippen molar-refractivity contribution in [2.24, 2.45) is 4.99 Å². The van der Waals surface area contributed by atoms with E-state index in [1.54, 1.807) is 6.92 Å². The number of nitrogens with zero attached hydrogens (tertiary/aromatic N) is 1. The van der Waals surface area contributed by atoms with Crippen LogP contribution in [0.4, 0.5) is 0 Å². The van der Waals surface area contributed by atoms with Crippen LogP contribution in [-0.2, 0) is 0 Å². The van der Waals surface area contributed by atoms with E-state index in [0.717, 1.165) is 0 Å². The van der Waals surface area contributed by atoms with E-state index in [1.807, 2.05) is 13.8 Å². The molecule has 0 radical (unpaired) electrons. The maximum atomic E-state index is 8.73. The molecule has 0 fully saturated rings. The second-order valence-electron chi connectivity index (χ2n) is 1.90. The van der Waals surface area contributed by atoms with Crippen molar-refractivity contribution in [1.82, 2.24) is 0 Å². The summed E-state index contributed by atoms with van der Waals surface area (Å²) in [6, 6.07) is 0. The van der Waals surface area contributed by atoms with E-state index in [2.05, 4.69) is 18.2 Å². The fourth-order valence-corrected chi connectivity index (χ4v) is 0.422. The van der Waals surface area contributed by atoms with Crippen LogP contribution in [0.25, 0.3) is 0 Å². The molecule has 70 valence electrons. The number of hydrogen-bond donors (Lipinski definition) is 2. The van der Waals surface area contributed by atoms with Crippen molar-refractivity contribution in [3.8, 4) is 0 Å². The highest BCUT2D eigenvalue weighted by Crippen LogP contribution is 1.95.